The van der Waals surface area contributed by atoms with Crippen molar-refractivity contribution in [3.8, 4) is 0 Å². The predicted octanol–water partition coefficient (Wildman–Crippen LogP) is 0.460. The Hall–Kier alpha value is -1.23. The highest BCUT2D eigenvalue weighted by Gasteiger charge is 2.39. The lowest BCUT2D eigenvalue weighted by atomic mass is 9.79. The van der Waals surface area contributed by atoms with Crippen molar-refractivity contribution in [1.29, 1.82) is 0 Å². The van der Waals surface area contributed by atoms with Gasteiger partial charge in [-0.25, -0.2) is 0 Å². The summed E-state index contributed by atoms with van der Waals surface area (Å²) in [7, 11) is 0. The van der Waals surface area contributed by atoms with Crippen molar-refractivity contribution in [3.05, 3.63) is 12.0 Å². The molecule has 3 atom stereocenters. The quantitative estimate of drug-likeness (QED) is 0.736. The van der Waals surface area contributed by atoms with Gasteiger partial charge in [0.1, 0.15) is 19.5 Å². The van der Waals surface area contributed by atoms with Gasteiger partial charge in [0, 0.05) is 19.1 Å². The van der Waals surface area contributed by atoms with Crippen LogP contribution in [0.5, 0.6) is 0 Å². The molecule has 3 rings (SSSR count). The maximum absolute atomic E-state index is 12.2. The molecule has 0 aromatic heterocycles. The highest BCUT2D eigenvalue weighted by atomic mass is 16.6. The van der Waals surface area contributed by atoms with Gasteiger partial charge in [-0.3, -0.25) is 4.79 Å². The van der Waals surface area contributed by atoms with E-state index in [1.165, 1.54) is 6.26 Å². The summed E-state index contributed by atoms with van der Waals surface area (Å²) in [4.78, 5) is 14.1. The molecule has 2 heterocycles. The number of fused-ring (bicyclic) bond motifs is 1. The number of nitrogens with two attached hydrogens (primary N) is 1. The number of hydrogen-bond acceptors (Lipinski definition) is 4. The van der Waals surface area contributed by atoms with E-state index in [4.69, 9.17) is 15.2 Å². The number of hydrogen-bond donors (Lipinski definition) is 1. The average molecular weight is 252 g/mol. The molecule has 18 heavy (non-hydrogen) atoms. The maximum Gasteiger partial charge on any atom is 0.292 e. The van der Waals surface area contributed by atoms with Crippen LogP contribution in [0, 0.1) is 11.8 Å². The third-order valence-corrected chi connectivity index (χ3v) is 4.24. The number of ether oxygens (including phenoxy) is 2. The maximum atomic E-state index is 12.2. The largest absolute Gasteiger partial charge is 0.494 e. The molecular weight excluding hydrogens is 232 g/mol. The summed E-state index contributed by atoms with van der Waals surface area (Å²) in [6.45, 7) is 2.65. The minimum atomic E-state index is -0.0299. The smallest absolute Gasteiger partial charge is 0.292 e. The molecule has 0 spiro atoms. The fourth-order valence-electron chi connectivity index (χ4n) is 3.27. The molecule has 2 fully saturated rings. The summed E-state index contributed by atoms with van der Waals surface area (Å²) in [5.74, 6) is 1.52. The molecule has 3 aliphatic rings. The summed E-state index contributed by atoms with van der Waals surface area (Å²) in [5.41, 5.74) is 6.00. The standard InChI is InChI=1S/C13H20N2O3/c14-11-2-1-9-6-15(7-10(9)5-11)13(16)12-8-17-3-4-18-12/h8-11H,1-7,14H2/t9-,10+,11?/m1/s1. The van der Waals surface area contributed by atoms with Crippen molar-refractivity contribution >= 4 is 5.91 Å². The van der Waals surface area contributed by atoms with Crippen LogP contribution in [0.4, 0.5) is 0 Å². The highest BCUT2D eigenvalue weighted by Crippen LogP contribution is 2.36. The lowest BCUT2D eigenvalue weighted by molar-refractivity contribution is -0.131. The monoisotopic (exact) mass is 252 g/mol. The van der Waals surface area contributed by atoms with Gasteiger partial charge in [0.2, 0.25) is 5.76 Å². The first-order valence-electron chi connectivity index (χ1n) is 6.73. The van der Waals surface area contributed by atoms with Crippen LogP contribution >= 0.6 is 0 Å². The van der Waals surface area contributed by atoms with Crippen LogP contribution in [0.3, 0.4) is 0 Å². The minimum Gasteiger partial charge on any atom is -0.494 e. The molecule has 0 aromatic carbocycles. The van der Waals surface area contributed by atoms with Gasteiger partial charge in [-0.05, 0) is 31.1 Å². The molecule has 1 saturated carbocycles. The van der Waals surface area contributed by atoms with E-state index in [1.807, 2.05) is 4.90 Å². The number of carbonyl (C=O) groups excluding carboxylic acids is 1. The van der Waals surface area contributed by atoms with E-state index in [9.17, 15) is 4.79 Å². The molecule has 5 heteroatoms. The second-order valence-corrected chi connectivity index (χ2v) is 5.50. The van der Waals surface area contributed by atoms with Crippen molar-refractivity contribution in [3.63, 3.8) is 0 Å². The second-order valence-electron chi connectivity index (χ2n) is 5.50. The normalized spacial score (nSPS) is 35.3. The van der Waals surface area contributed by atoms with Gasteiger partial charge < -0.3 is 20.1 Å². The highest BCUT2D eigenvalue weighted by molar-refractivity contribution is 5.91. The van der Waals surface area contributed by atoms with E-state index < -0.39 is 0 Å². The molecule has 0 bridgehead atoms. The second kappa shape index (κ2) is 4.80. The first-order valence-corrected chi connectivity index (χ1v) is 6.73. The summed E-state index contributed by atoms with van der Waals surface area (Å²) in [6.07, 6.45) is 4.72. The summed E-state index contributed by atoms with van der Waals surface area (Å²) >= 11 is 0. The topological polar surface area (TPSA) is 64.8 Å². The molecule has 1 aliphatic carbocycles. The zero-order valence-corrected chi connectivity index (χ0v) is 10.5. The first-order chi connectivity index (χ1) is 8.74. The minimum absolute atomic E-state index is 0.0299. The third kappa shape index (κ3) is 2.19. The van der Waals surface area contributed by atoms with E-state index in [1.54, 1.807) is 0 Å². The van der Waals surface area contributed by atoms with Crippen LogP contribution in [-0.2, 0) is 14.3 Å². The Kier molecular flexibility index (Phi) is 3.16. The molecule has 0 aromatic rings. The van der Waals surface area contributed by atoms with Crippen LogP contribution in [0.1, 0.15) is 19.3 Å². The number of rotatable bonds is 1. The van der Waals surface area contributed by atoms with Crippen molar-refractivity contribution in [1.82, 2.24) is 4.90 Å². The molecule has 0 radical (unpaired) electrons. The molecular formula is C13H20N2O3. The van der Waals surface area contributed by atoms with Gasteiger partial charge in [-0.1, -0.05) is 0 Å². The Morgan fingerprint density at radius 2 is 2.11 bits per heavy atom. The zero-order chi connectivity index (χ0) is 12.5. The van der Waals surface area contributed by atoms with Gasteiger partial charge in [0.25, 0.3) is 5.91 Å². The van der Waals surface area contributed by atoms with Crippen LogP contribution in [-0.4, -0.2) is 43.2 Å². The summed E-state index contributed by atoms with van der Waals surface area (Å²) < 4.78 is 10.5. The Labute approximate surface area is 107 Å². The number of likely N-dealkylation sites (tertiary alicyclic amines) is 1. The lowest BCUT2D eigenvalue weighted by Gasteiger charge is -2.27. The van der Waals surface area contributed by atoms with E-state index >= 15 is 0 Å². The van der Waals surface area contributed by atoms with Crippen molar-refractivity contribution in [2.45, 2.75) is 25.3 Å². The van der Waals surface area contributed by atoms with Gasteiger partial charge in [0.05, 0.1) is 0 Å². The Balaban J connectivity index is 1.64. The molecule has 2 aliphatic heterocycles. The third-order valence-electron chi connectivity index (χ3n) is 4.24. The van der Waals surface area contributed by atoms with Gasteiger partial charge in [-0.15, -0.1) is 0 Å². The first kappa shape index (κ1) is 11.8. The number of nitrogens with zero attached hydrogens (tertiary/aromatic N) is 1. The molecule has 5 nitrogen and oxygen atoms in total. The Morgan fingerprint density at radius 3 is 2.89 bits per heavy atom. The molecule has 2 N–H and O–H groups in total. The van der Waals surface area contributed by atoms with Crippen molar-refractivity contribution in [2.75, 3.05) is 26.3 Å². The molecule has 100 valence electrons. The number of amides is 1. The lowest BCUT2D eigenvalue weighted by Crippen LogP contribution is -2.33. The van der Waals surface area contributed by atoms with Crippen LogP contribution in [0.25, 0.3) is 0 Å². The SMILES string of the molecule is NC1CC[C@@H]2CN(C(=O)C3=COCCO3)C[C@@H]2C1. The summed E-state index contributed by atoms with van der Waals surface area (Å²) in [6, 6.07) is 0.315. The number of carbonyl (C=O) groups is 1. The average Bonchev–Trinajstić information content (AvgIpc) is 2.81. The molecule has 1 amide bonds. The van der Waals surface area contributed by atoms with Crippen LogP contribution in [0.2, 0.25) is 0 Å². The Morgan fingerprint density at radius 1 is 1.28 bits per heavy atom. The zero-order valence-electron chi connectivity index (χ0n) is 10.5. The summed E-state index contributed by atoms with van der Waals surface area (Å²) in [5, 5.41) is 0. The van der Waals surface area contributed by atoms with E-state index in [2.05, 4.69) is 0 Å². The molecule has 1 unspecified atom stereocenters. The van der Waals surface area contributed by atoms with Crippen molar-refractivity contribution in [2.24, 2.45) is 17.6 Å². The van der Waals surface area contributed by atoms with Gasteiger partial charge in [-0.2, -0.15) is 0 Å². The fraction of sp³-hybridized carbons (Fsp3) is 0.769. The fourth-order valence-corrected chi connectivity index (χ4v) is 3.27. The van der Waals surface area contributed by atoms with Crippen LogP contribution < -0.4 is 5.73 Å². The van der Waals surface area contributed by atoms with E-state index in [-0.39, 0.29) is 5.91 Å². The van der Waals surface area contributed by atoms with Gasteiger partial charge >= 0.3 is 0 Å². The van der Waals surface area contributed by atoms with Crippen molar-refractivity contribution < 1.29 is 14.3 Å². The molecule has 1 saturated heterocycles. The van der Waals surface area contributed by atoms with Crippen LogP contribution in [0.15, 0.2) is 12.0 Å². The van der Waals surface area contributed by atoms with E-state index in [0.29, 0.717) is 36.9 Å². The predicted molar refractivity (Wildman–Crippen MR) is 65.4 cm³/mol. The van der Waals surface area contributed by atoms with Gasteiger partial charge in [0.15, 0.2) is 0 Å². The Bertz CT molecular complexity index is 369. The van der Waals surface area contributed by atoms with E-state index in [0.717, 1.165) is 32.4 Å².